The van der Waals surface area contributed by atoms with Gasteiger partial charge in [-0.3, -0.25) is 0 Å². The summed E-state index contributed by atoms with van der Waals surface area (Å²) in [6, 6.07) is 2.30. The molecule has 13 heavy (non-hydrogen) atoms. The third-order valence-electron chi connectivity index (χ3n) is 2.13. The highest BCUT2D eigenvalue weighted by molar-refractivity contribution is 5.04. The maximum absolute atomic E-state index is 5.77. The van der Waals surface area contributed by atoms with E-state index in [-0.39, 0.29) is 0 Å². The zero-order valence-corrected chi connectivity index (χ0v) is 8.12. The molecule has 0 saturated heterocycles. The molecule has 0 bridgehead atoms. The van der Waals surface area contributed by atoms with Crippen LogP contribution in [0.15, 0.2) is 23.0 Å². The van der Waals surface area contributed by atoms with Crippen molar-refractivity contribution in [2.45, 2.75) is 32.4 Å². The smallest absolute Gasteiger partial charge is 0.0947 e. The number of nitrogens with two attached hydrogens (primary N) is 1. The van der Waals surface area contributed by atoms with Crippen molar-refractivity contribution in [2.24, 2.45) is 5.73 Å². The number of furan rings is 1. The van der Waals surface area contributed by atoms with E-state index in [1.54, 1.807) is 12.5 Å². The fourth-order valence-electron chi connectivity index (χ4n) is 1.12. The molecule has 1 heterocycles. The Kier molecular flexibility index (Phi) is 4.57. The Morgan fingerprint density at radius 2 is 2.46 bits per heavy atom. The lowest BCUT2D eigenvalue weighted by molar-refractivity contribution is 0.540. The van der Waals surface area contributed by atoms with Crippen molar-refractivity contribution in [2.75, 3.05) is 6.54 Å². The predicted octanol–water partition coefficient (Wildman–Crippen LogP) is 1.50. The Morgan fingerprint density at radius 1 is 1.62 bits per heavy atom. The highest BCUT2D eigenvalue weighted by atomic mass is 16.3. The van der Waals surface area contributed by atoms with Crippen LogP contribution in [0.2, 0.25) is 0 Å². The summed E-state index contributed by atoms with van der Waals surface area (Å²) in [5, 5.41) is 3.31. The lowest BCUT2D eigenvalue weighted by Crippen LogP contribution is -2.25. The second-order valence-corrected chi connectivity index (χ2v) is 3.27. The normalized spacial score (nSPS) is 13.1. The van der Waals surface area contributed by atoms with Gasteiger partial charge in [0, 0.05) is 18.2 Å². The number of nitrogens with one attached hydrogen (secondary N) is 1. The summed E-state index contributed by atoms with van der Waals surface area (Å²) < 4.78 is 4.95. The molecule has 1 rings (SSSR count). The molecule has 3 nitrogen and oxygen atoms in total. The van der Waals surface area contributed by atoms with Crippen LogP contribution in [-0.4, -0.2) is 12.6 Å². The molecule has 3 heteroatoms. The minimum absolute atomic E-state index is 0.330. The maximum Gasteiger partial charge on any atom is 0.0947 e. The lowest BCUT2D eigenvalue weighted by Gasteiger charge is -2.08. The first-order valence-corrected chi connectivity index (χ1v) is 4.80. The average Bonchev–Trinajstić information content (AvgIpc) is 2.64. The summed E-state index contributed by atoms with van der Waals surface area (Å²) in [5.41, 5.74) is 6.96. The van der Waals surface area contributed by atoms with Gasteiger partial charge in [0.05, 0.1) is 12.5 Å². The Hall–Kier alpha value is -0.800. The molecule has 1 aromatic rings. The zero-order valence-electron chi connectivity index (χ0n) is 8.12. The fraction of sp³-hybridized carbons (Fsp3) is 0.600. The average molecular weight is 182 g/mol. The molecule has 0 fully saturated rings. The van der Waals surface area contributed by atoms with Crippen LogP contribution in [0, 0.1) is 0 Å². The molecule has 0 aromatic carbocycles. The van der Waals surface area contributed by atoms with Gasteiger partial charge in [0.15, 0.2) is 0 Å². The van der Waals surface area contributed by atoms with Crippen LogP contribution < -0.4 is 11.1 Å². The molecule has 1 aromatic heterocycles. The second kappa shape index (κ2) is 5.78. The van der Waals surface area contributed by atoms with E-state index in [1.165, 1.54) is 5.56 Å². The number of rotatable bonds is 6. The highest BCUT2D eigenvalue weighted by Gasteiger charge is 1.98. The summed E-state index contributed by atoms with van der Waals surface area (Å²) in [6.45, 7) is 3.95. The van der Waals surface area contributed by atoms with E-state index in [9.17, 15) is 0 Å². The first kappa shape index (κ1) is 10.3. The van der Waals surface area contributed by atoms with Gasteiger partial charge >= 0.3 is 0 Å². The standard InChI is InChI=1S/C10H18N2O/c1-2-10(11)3-5-12-7-9-4-6-13-8-9/h4,6,8,10,12H,2-3,5,7,11H2,1H3. The van der Waals surface area contributed by atoms with Crippen LogP contribution in [0.3, 0.4) is 0 Å². The summed E-state index contributed by atoms with van der Waals surface area (Å²) >= 11 is 0. The summed E-state index contributed by atoms with van der Waals surface area (Å²) in [6.07, 6.45) is 5.53. The van der Waals surface area contributed by atoms with Crippen LogP contribution in [0.1, 0.15) is 25.3 Å². The van der Waals surface area contributed by atoms with Gasteiger partial charge in [-0.1, -0.05) is 6.92 Å². The Labute approximate surface area is 79.3 Å². The van der Waals surface area contributed by atoms with E-state index in [2.05, 4.69) is 12.2 Å². The first-order valence-electron chi connectivity index (χ1n) is 4.80. The molecule has 1 unspecified atom stereocenters. The van der Waals surface area contributed by atoms with Crippen LogP contribution >= 0.6 is 0 Å². The Bertz CT molecular complexity index is 209. The van der Waals surface area contributed by atoms with Crippen molar-refractivity contribution in [3.63, 3.8) is 0 Å². The van der Waals surface area contributed by atoms with Crippen molar-refractivity contribution in [3.8, 4) is 0 Å². The molecule has 0 radical (unpaired) electrons. The third kappa shape index (κ3) is 4.10. The van der Waals surface area contributed by atoms with Gasteiger partial charge in [-0.05, 0) is 25.5 Å². The quantitative estimate of drug-likeness (QED) is 0.655. The molecule has 74 valence electrons. The fourth-order valence-corrected chi connectivity index (χ4v) is 1.12. The SMILES string of the molecule is CCC(N)CCNCc1ccoc1. The van der Waals surface area contributed by atoms with Crippen molar-refractivity contribution in [3.05, 3.63) is 24.2 Å². The van der Waals surface area contributed by atoms with Gasteiger partial charge in [-0.2, -0.15) is 0 Å². The summed E-state index contributed by atoms with van der Waals surface area (Å²) in [5.74, 6) is 0. The maximum atomic E-state index is 5.77. The van der Waals surface area contributed by atoms with Crippen molar-refractivity contribution in [1.82, 2.24) is 5.32 Å². The lowest BCUT2D eigenvalue weighted by atomic mass is 10.2. The van der Waals surface area contributed by atoms with Crippen molar-refractivity contribution in [1.29, 1.82) is 0 Å². The van der Waals surface area contributed by atoms with Gasteiger partial charge < -0.3 is 15.5 Å². The minimum atomic E-state index is 0.330. The van der Waals surface area contributed by atoms with Gasteiger partial charge in [0.1, 0.15) is 0 Å². The second-order valence-electron chi connectivity index (χ2n) is 3.27. The number of hydrogen-bond donors (Lipinski definition) is 2. The molecule has 0 aliphatic rings. The molecular formula is C10H18N2O. The predicted molar refractivity (Wildman–Crippen MR) is 53.3 cm³/mol. The van der Waals surface area contributed by atoms with E-state index in [4.69, 9.17) is 10.2 Å². The van der Waals surface area contributed by atoms with E-state index in [1.807, 2.05) is 6.07 Å². The van der Waals surface area contributed by atoms with E-state index >= 15 is 0 Å². The van der Waals surface area contributed by atoms with E-state index in [0.29, 0.717) is 6.04 Å². The van der Waals surface area contributed by atoms with Gasteiger partial charge in [0.2, 0.25) is 0 Å². The summed E-state index contributed by atoms with van der Waals surface area (Å²) in [7, 11) is 0. The molecule has 0 amide bonds. The van der Waals surface area contributed by atoms with Gasteiger partial charge in [-0.25, -0.2) is 0 Å². The van der Waals surface area contributed by atoms with Crippen LogP contribution in [0.4, 0.5) is 0 Å². The topological polar surface area (TPSA) is 51.2 Å². The third-order valence-corrected chi connectivity index (χ3v) is 2.13. The van der Waals surface area contributed by atoms with Crippen molar-refractivity contribution < 1.29 is 4.42 Å². The molecule has 0 spiro atoms. The molecule has 0 aliphatic heterocycles. The minimum Gasteiger partial charge on any atom is -0.472 e. The monoisotopic (exact) mass is 182 g/mol. The van der Waals surface area contributed by atoms with E-state index < -0.39 is 0 Å². The zero-order chi connectivity index (χ0) is 9.52. The Balaban J connectivity index is 2.02. The molecule has 3 N–H and O–H groups in total. The molecular weight excluding hydrogens is 164 g/mol. The van der Waals surface area contributed by atoms with Crippen LogP contribution in [-0.2, 0) is 6.54 Å². The molecule has 1 atom stereocenters. The van der Waals surface area contributed by atoms with Crippen molar-refractivity contribution >= 4 is 0 Å². The Morgan fingerprint density at radius 3 is 3.08 bits per heavy atom. The van der Waals surface area contributed by atoms with Gasteiger partial charge in [0.25, 0.3) is 0 Å². The van der Waals surface area contributed by atoms with Crippen LogP contribution in [0.5, 0.6) is 0 Å². The van der Waals surface area contributed by atoms with Crippen LogP contribution in [0.25, 0.3) is 0 Å². The largest absolute Gasteiger partial charge is 0.472 e. The van der Waals surface area contributed by atoms with E-state index in [0.717, 1.165) is 25.9 Å². The highest BCUT2D eigenvalue weighted by Crippen LogP contribution is 1.98. The van der Waals surface area contributed by atoms with Gasteiger partial charge in [-0.15, -0.1) is 0 Å². The first-order chi connectivity index (χ1) is 6.33. The number of hydrogen-bond acceptors (Lipinski definition) is 3. The molecule has 0 saturated carbocycles. The molecule has 0 aliphatic carbocycles. The summed E-state index contributed by atoms with van der Waals surface area (Å²) in [4.78, 5) is 0.